The van der Waals surface area contributed by atoms with Crippen LogP contribution in [-0.2, 0) is 0 Å². The molecule has 138 valence electrons. The third-order valence-electron chi connectivity index (χ3n) is 5.54. The number of allylic oxidation sites excluding steroid dienone is 5. The molecule has 1 aromatic carbocycles. The van der Waals surface area contributed by atoms with Gasteiger partial charge in [0.15, 0.2) is 0 Å². The molecule has 2 N–H and O–H groups in total. The van der Waals surface area contributed by atoms with Gasteiger partial charge in [-0.05, 0) is 35.8 Å². The summed E-state index contributed by atoms with van der Waals surface area (Å²) in [5, 5.41) is 16.3. The second-order valence-electron chi connectivity index (χ2n) is 8.04. The lowest BCUT2D eigenvalue weighted by Gasteiger charge is -2.46. The van der Waals surface area contributed by atoms with Crippen LogP contribution < -0.4 is 0 Å². The van der Waals surface area contributed by atoms with E-state index in [1.54, 1.807) is 6.92 Å². The van der Waals surface area contributed by atoms with E-state index in [1.807, 2.05) is 12.1 Å². The highest BCUT2D eigenvalue weighted by Gasteiger charge is 2.44. The third kappa shape index (κ3) is 3.80. The first kappa shape index (κ1) is 20.1. The highest BCUT2D eigenvalue weighted by atomic mass is 14.6. The number of hydrogen-bond acceptors (Lipinski definition) is 2. The molecule has 2 atom stereocenters. The molecule has 0 bridgehead atoms. The number of nitrogens with one attached hydrogen (secondary N) is 2. The van der Waals surface area contributed by atoms with Gasteiger partial charge < -0.3 is 10.8 Å². The van der Waals surface area contributed by atoms with Gasteiger partial charge in [-0.25, -0.2) is 0 Å². The summed E-state index contributed by atoms with van der Waals surface area (Å²) in [5.74, 6) is 1.01. The van der Waals surface area contributed by atoms with Crippen molar-refractivity contribution in [3.63, 3.8) is 0 Å². The molecule has 2 heteroatoms. The molecule has 0 radical (unpaired) electrons. The van der Waals surface area contributed by atoms with Crippen molar-refractivity contribution in [2.75, 3.05) is 0 Å². The first-order chi connectivity index (χ1) is 12.2. The van der Waals surface area contributed by atoms with Crippen LogP contribution in [0.2, 0.25) is 0 Å². The van der Waals surface area contributed by atoms with Crippen molar-refractivity contribution in [3.05, 3.63) is 66.3 Å². The average molecular weight is 349 g/mol. The second kappa shape index (κ2) is 7.99. The van der Waals surface area contributed by atoms with Crippen molar-refractivity contribution in [1.29, 1.82) is 10.8 Å². The van der Waals surface area contributed by atoms with Crippen molar-refractivity contribution in [3.8, 4) is 0 Å². The summed E-state index contributed by atoms with van der Waals surface area (Å²) in [6, 6.07) is 10.5. The molecule has 26 heavy (non-hydrogen) atoms. The van der Waals surface area contributed by atoms with Crippen molar-refractivity contribution in [1.82, 2.24) is 0 Å². The molecular weight excluding hydrogens is 316 g/mol. The number of benzene rings is 1. The maximum atomic E-state index is 8.36. The van der Waals surface area contributed by atoms with Crippen molar-refractivity contribution in [2.45, 2.75) is 41.0 Å². The van der Waals surface area contributed by atoms with Crippen LogP contribution in [-0.4, -0.2) is 11.4 Å². The van der Waals surface area contributed by atoms with Crippen LogP contribution in [0, 0.1) is 34.0 Å². The molecule has 0 heterocycles. The quantitative estimate of drug-likeness (QED) is 0.414. The SMILES string of the molecule is C=CC1(CC(=N)C(C)=N)C(C(C)C)=CC(c2ccccc2)=CC1C(C)C. The fraction of sp³-hybridized carbons (Fsp3) is 0.417. The summed E-state index contributed by atoms with van der Waals surface area (Å²) in [7, 11) is 0. The molecule has 0 spiro atoms. The van der Waals surface area contributed by atoms with Gasteiger partial charge in [-0.2, -0.15) is 0 Å². The molecule has 2 unspecified atom stereocenters. The van der Waals surface area contributed by atoms with Crippen LogP contribution in [0.5, 0.6) is 0 Å². The molecule has 0 saturated heterocycles. The topological polar surface area (TPSA) is 47.7 Å². The van der Waals surface area contributed by atoms with Crippen LogP contribution in [0.15, 0.2) is 60.7 Å². The largest absolute Gasteiger partial charge is 0.304 e. The molecule has 1 aliphatic carbocycles. The molecule has 2 nitrogen and oxygen atoms in total. The zero-order chi connectivity index (χ0) is 19.5. The maximum Gasteiger partial charge on any atom is 0.0530 e. The predicted octanol–water partition coefficient (Wildman–Crippen LogP) is 6.56. The predicted molar refractivity (Wildman–Crippen MR) is 114 cm³/mol. The van der Waals surface area contributed by atoms with Gasteiger partial charge in [-0.15, -0.1) is 6.58 Å². The lowest BCUT2D eigenvalue weighted by Crippen LogP contribution is -2.39. The van der Waals surface area contributed by atoms with Crippen LogP contribution in [0.3, 0.4) is 0 Å². The van der Waals surface area contributed by atoms with Crippen molar-refractivity contribution < 1.29 is 0 Å². The Morgan fingerprint density at radius 2 is 1.77 bits per heavy atom. The van der Waals surface area contributed by atoms with Crippen LogP contribution in [0.25, 0.3) is 5.57 Å². The highest BCUT2D eigenvalue weighted by Crippen LogP contribution is 2.52. The third-order valence-corrected chi connectivity index (χ3v) is 5.54. The minimum Gasteiger partial charge on any atom is -0.304 e. The summed E-state index contributed by atoms with van der Waals surface area (Å²) in [5.41, 5.74) is 4.24. The van der Waals surface area contributed by atoms with Crippen LogP contribution in [0.4, 0.5) is 0 Å². The van der Waals surface area contributed by atoms with E-state index in [-0.39, 0.29) is 11.3 Å². The fourth-order valence-corrected chi connectivity index (χ4v) is 4.16. The zero-order valence-corrected chi connectivity index (χ0v) is 16.8. The van der Waals surface area contributed by atoms with E-state index in [4.69, 9.17) is 10.8 Å². The number of hydrogen-bond donors (Lipinski definition) is 2. The maximum absolute atomic E-state index is 8.36. The Hall–Kier alpha value is -2.22. The fourth-order valence-electron chi connectivity index (χ4n) is 4.16. The van der Waals surface area contributed by atoms with E-state index < -0.39 is 0 Å². The lowest BCUT2D eigenvalue weighted by atomic mass is 9.58. The molecule has 1 aliphatic rings. The van der Waals surface area contributed by atoms with Gasteiger partial charge in [-0.1, -0.05) is 81.8 Å². The smallest absolute Gasteiger partial charge is 0.0530 e. The molecule has 2 rings (SSSR count). The molecule has 0 saturated carbocycles. The van der Waals surface area contributed by atoms with Crippen LogP contribution in [0.1, 0.15) is 46.6 Å². The Morgan fingerprint density at radius 1 is 1.15 bits per heavy atom. The van der Waals surface area contributed by atoms with E-state index in [0.717, 1.165) is 0 Å². The van der Waals surface area contributed by atoms with Gasteiger partial charge in [0.25, 0.3) is 0 Å². The Morgan fingerprint density at radius 3 is 2.23 bits per heavy atom. The summed E-state index contributed by atoms with van der Waals surface area (Å²) >= 11 is 0. The summed E-state index contributed by atoms with van der Waals surface area (Å²) in [6.45, 7) is 14.8. The first-order valence-electron chi connectivity index (χ1n) is 9.48. The normalized spacial score (nSPS) is 22.8. The zero-order valence-electron chi connectivity index (χ0n) is 16.8. The van der Waals surface area contributed by atoms with Gasteiger partial charge in [0.2, 0.25) is 0 Å². The minimum absolute atomic E-state index is 0.248. The van der Waals surface area contributed by atoms with Crippen molar-refractivity contribution >= 4 is 17.0 Å². The van der Waals surface area contributed by atoms with E-state index in [0.29, 0.717) is 29.7 Å². The second-order valence-corrected chi connectivity index (χ2v) is 8.04. The molecule has 0 fully saturated rings. The summed E-state index contributed by atoms with van der Waals surface area (Å²) in [4.78, 5) is 0. The van der Waals surface area contributed by atoms with Crippen molar-refractivity contribution in [2.24, 2.45) is 23.2 Å². The lowest BCUT2D eigenvalue weighted by molar-refractivity contribution is 0.253. The van der Waals surface area contributed by atoms with Gasteiger partial charge >= 0.3 is 0 Å². The molecule has 0 aliphatic heterocycles. The molecule has 0 aromatic heterocycles. The summed E-state index contributed by atoms with van der Waals surface area (Å²) in [6.07, 6.45) is 7.24. The van der Waals surface area contributed by atoms with E-state index in [1.165, 1.54) is 16.7 Å². The molecular formula is C24H32N2. The van der Waals surface area contributed by atoms with E-state index in [2.05, 4.69) is 70.7 Å². The minimum atomic E-state index is -0.306. The van der Waals surface area contributed by atoms with Gasteiger partial charge in [0.05, 0.1) is 5.71 Å². The Kier molecular flexibility index (Phi) is 6.17. The van der Waals surface area contributed by atoms with E-state index in [9.17, 15) is 0 Å². The molecule has 0 amide bonds. The first-order valence-corrected chi connectivity index (χ1v) is 9.48. The Balaban J connectivity index is 2.65. The highest BCUT2D eigenvalue weighted by molar-refractivity contribution is 6.39. The van der Waals surface area contributed by atoms with Gasteiger partial charge in [-0.3, -0.25) is 0 Å². The molecule has 1 aromatic rings. The average Bonchev–Trinajstić information content (AvgIpc) is 2.61. The standard InChI is InChI=1S/C24H32N2/c1-7-24(15-23(26)18(6)25)21(16(2)3)13-20(14-22(24)17(4)5)19-11-9-8-10-12-19/h7-14,16-17,21,25-26H,1,15H2,2-6H3. The van der Waals surface area contributed by atoms with Crippen LogP contribution >= 0.6 is 0 Å². The Labute approximate surface area is 158 Å². The summed E-state index contributed by atoms with van der Waals surface area (Å²) < 4.78 is 0. The monoisotopic (exact) mass is 348 g/mol. The number of rotatable bonds is 7. The Bertz CT molecular complexity index is 750. The van der Waals surface area contributed by atoms with E-state index >= 15 is 0 Å². The van der Waals surface area contributed by atoms with Gasteiger partial charge in [0.1, 0.15) is 0 Å². The van der Waals surface area contributed by atoms with Gasteiger partial charge in [0, 0.05) is 17.5 Å².